The summed E-state index contributed by atoms with van der Waals surface area (Å²) in [5.41, 5.74) is -2.59. The number of halogens is 3. The first-order valence-corrected chi connectivity index (χ1v) is 7.70. The molecular weight excluding hydrogens is 405 g/mol. The highest BCUT2D eigenvalue weighted by Gasteiger charge is 2.35. The van der Waals surface area contributed by atoms with Crippen LogP contribution >= 0.6 is 12.2 Å². The van der Waals surface area contributed by atoms with Gasteiger partial charge in [-0.05, 0) is 24.4 Å². The van der Waals surface area contributed by atoms with E-state index in [-0.39, 0.29) is 22.2 Å². The van der Waals surface area contributed by atoms with Crippen molar-refractivity contribution in [1.29, 1.82) is 0 Å². The van der Waals surface area contributed by atoms with Gasteiger partial charge in [-0.15, -0.1) is 0 Å². The Morgan fingerprint density at radius 3 is 2.00 bits per heavy atom. The van der Waals surface area contributed by atoms with E-state index in [1.807, 2.05) is 0 Å². The van der Waals surface area contributed by atoms with E-state index < -0.39 is 33.0 Å². The lowest BCUT2D eigenvalue weighted by molar-refractivity contribution is -0.385. The number of nitrogens with one attached hydrogen (secondary N) is 2. The second-order valence-electron chi connectivity index (χ2n) is 5.21. The highest BCUT2D eigenvalue weighted by Crippen LogP contribution is 2.37. The number of methoxy groups -OCH3 is 1. The Hall–Kier alpha value is -3.48. The maximum absolute atomic E-state index is 13.2. The molecular formula is C15H11F3N4O5S. The Labute approximate surface area is 160 Å². The predicted octanol–water partition coefficient (Wildman–Crippen LogP) is 4.34. The molecule has 0 aliphatic rings. The third-order valence-corrected chi connectivity index (χ3v) is 3.62. The second kappa shape index (κ2) is 8.04. The van der Waals surface area contributed by atoms with Crippen molar-refractivity contribution in [3.63, 3.8) is 0 Å². The molecule has 2 aromatic rings. The molecule has 0 saturated carbocycles. The van der Waals surface area contributed by atoms with Crippen molar-refractivity contribution in [2.45, 2.75) is 6.18 Å². The Morgan fingerprint density at radius 1 is 1.00 bits per heavy atom. The van der Waals surface area contributed by atoms with Crippen LogP contribution in [0.1, 0.15) is 5.56 Å². The van der Waals surface area contributed by atoms with Crippen LogP contribution in [-0.2, 0) is 6.18 Å². The summed E-state index contributed by atoms with van der Waals surface area (Å²) in [4.78, 5) is 19.9. The van der Waals surface area contributed by atoms with Gasteiger partial charge in [0.15, 0.2) is 5.11 Å². The fourth-order valence-corrected chi connectivity index (χ4v) is 2.38. The second-order valence-corrected chi connectivity index (χ2v) is 5.61. The SMILES string of the molecule is COc1cc([N+](=O)[O-])ccc1NC(=S)Nc1ccc([N+](=O)[O-])cc1C(F)(F)F. The van der Waals surface area contributed by atoms with Gasteiger partial charge in [-0.3, -0.25) is 20.2 Å². The average molecular weight is 416 g/mol. The zero-order valence-corrected chi connectivity index (χ0v) is 14.8. The number of ether oxygens (including phenoxy) is 1. The molecule has 9 nitrogen and oxygen atoms in total. The lowest BCUT2D eigenvalue weighted by Gasteiger charge is -2.16. The largest absolute Gasteiger partial charge is 0.494 e. The number of anilines is 2. The first kappa shape index (κ1) is 20.8. The smallest absolute Gasteiger partial charge is 0.418 e. The summed E-state index contributed by atoms with van der Waals surface area (Å²) in [6.45, 7) is 0. The monoisotopic (exact) mass is 416 g/mol. The molecule has 2 aromatic carbocycles. The number of thiocarbonyl (C=S) groups is 1. The molecule has 0 aromatic heterocycles. The lowest BCUT2D eigenvalue weighted by atomic mass is 10.1. The molecule has 0 heterocycles. The topological polar surface area (TPSA) is 120 Å². The van der Waals surface area contributed by atoms with Crippen LogP contribution < -0.4 is 15.4 Å². The van der Waals surface area contributed by atoms with E-state index in [0.29, 0.717) is 6.07 Å². The molecule has 0 fully saturated rings. The van der Waals surface area contributed by atoms with Gasteiger partial charge in [-0.25, -0.2) is 0 Å². The molecule has 0 amide bonds. The summed E-state index contributed by atoms with van der Waals surface area (Å²) < 4.78 is 44.6. The molecule has 2 rings (SSSR count). The van der Waals surface area contributed by atoms with Gasteiger partial charge in [0.2, 0.25) is 0 Å². The normalized spacial score (nSPS) is 10.9. The van der Waals surface area contributed by atoms with Crippen molar-refractivity contribution in [3.05, 3.63) is 62.2 Å². The maximum atomic E-state index is 13.2. The van der Waals surface area contributed by atoms with Crippen molar-refractivity contribution >= 4 is 40.1 Å². The molecule has 13 heteroatoms. The van der Waals surface area contributed by atoms with Gasteiger partial charge in [0.1, 0.15) is 5.75 Å². The van der Waals surface area contributed by atoms with Crippen molar-refractivity contribution in [1.82, 2.24) is 0 Å². The fraction of sp³-hybridized carbons (Fsp3) is 0.133. The first-order chi connectivity index (χ1) is 13.0. The summed E-state index contributed by atoms with van der Waals surface area (Å²) in [7, 11) is 1.25. The average Bonchev–Trinajstić information content (AvgIpc) is 2.60. The molecule has 28 heavy (non-hydrogen) atoms. The van der Waals surface area contributed by atoms with Crippen LogP contribution in [-0.4, -0.2) is 22.1 Å². The van der Waals surface area contributed by atoms with Crippen LogP contribution in [0.4, 0.5) is 35.9 Å². The Balaban J connectivity index is 2.28. The van der Waals surface area contributed by atoms with E-state index in [0.717, 1.165) is 24.3 Å². The van der Waals surface area contributed by atoms with Crippen LogP contribution in [0, 0.1) is 20.2 Å². The van der Waals surface area contributed by atoms with E-state index in [4.69, 9.17) is 17.0 Å². The number of non-ortho nitro benzene ring substituents is 2. The molecule has 148 valence electrons. The van der Waals surface area contributed by atoms with Crippen molar-refractivity contribution < 1.29 is 27.8 Å². The third-order valence-electron chi connectivity index (χ3n) is 3.41. The number of rotatable bonds is 5. The highest BCUT2D eigenvalue weighted by atomic mass is 32.1. The first-order valence-electron chi connectivity index (χ1n) is 7.29. The van der Waals surface area contributed by atoms with E-state index >= 15 is 0 Å². The quantitative estimate of drug-likeness (QED) is 0.420. The zero-order valence-electron chi connectivity index (χ0n) is 13.9. The minimum Gasteiger partial charge on any atom is -0.494 e. The number of alkyl halides is 3. The number of nitrogens with zero attached hydrogens (tertiary/aromatic N) is 2. The van der Waals surface area contributed by atoms with E-state index in [1.54, 1.807) is 0 Å². The van der Waals surface area contributed by atoms with Crippen LogP contribution in [0.25, 0.3) is 0 Å². The number of nitro groups is 2. The molecule has 0 aliphatic carbocycles. The molecule has 0 saturated heterocycles. The number of hydrogen-bond donors (Lipinski definition) is 2. The number of hydrogen-bond acceptors (Lipinski definition) is 6. The van der Waals surface area contributed by atoms with Gasteiger partial charge >= 0.3 is 6.18 Å². The molecule has 0 aliphatic heterocycles. The number of benzene rings is 2. The summed E-state index contributed by atoms with van der Waals surface area (Å²) in [5.74, 6) is 0.0399. The van der Waals surface area contributed by atoms with Crippen molar-refractivity contribution in [2.24, 2.45) is 0 Å². The number of nitro benzene ring substituents is 2. The minimum atomic E-state index is -4.87. The molecule has 0 radical (unpaired) electrons. The zero-order chi connectivity index (χ0) is 21.1. The van der Waals surface area contributed by atoms with Gasteiger partial charge in [-0.2, -0.15) is 13.2 Å². The predicted molar refractivity (Wildman–Crippen MR) is 97.6 cm³/mol. The summed E-state index contributed by atoms with van der Waals surface area (Å²) in [6.07, 6.45) is -4.87. The van der Waals surface area contributed by atoms with E-state index in [2.05, 4.69) is 10.6 Å². The van der Waals surface area contributed by atoms with Crippen LogP contribution in [0.3, 0.4) is 0 Å². The summed E-state index contributed by atoms with van der Waals surface area (Å²) in [5, 5.41) is 26.1. The molecule has 0 atom stereocenters. The van der Waals surface area contributed by atoms with Crippen molar-refractivity contribution in [2.75, 3.05) is 17.7 Å². The van der Waals surface area contributed by atoms with E-state index in [9.17, 15) is 33.4 Å². The molecule has 2 N–H and O–H groups in total. The Bertz CT molecular complexity index is 952. The third kappa shape index (κ3) is 4.82. The molecule has 0 unspecified atom stereocenters. The Morgan fingerprint density at radius 2 is 1.50 bits per heavy atom. The van der Waals surface area contributed by atoms with Gasteiger partial charge < -0.3 is 15.4 Å². The molecule has 0 bridgehead atoms. The Kier molecular flexibility index (Phi) is 5.98. The summed E-state index contributed by atoms with van der Waals surface area (Å²) in [6, 6.07) is 5.69. The van der Waals surface area contributed by atoms with Gasteiger partial charge in [0.25, 0.3) is 11.4 Å². The standard InChI is InChI=1S/C15H11F3N4O5S/c1-27-13-7-9(22(25)26)3-5-12(13)20-14(28)19-11-4-2-8(21(23)24)6-10(11)15(16,17)18/h2-7H,1H3,(H2,19,20,28). The lowest BCUT2D eigenvalue weighted by Crippen LogP contribution is -2.22. The summed E-state index contributed by atoms with van der Waals surface area (Å²) >= 11 is 4.96. The fourth-order valence-electron chi connectivity index (χ4n) is 2.16. The van der Waals surface area contributed by atoms with Gasteiger partial charge in [-0.1, -0.05) is 0 Å². The maximum Gasteiger partial charge on any atom is 0.418 e. The van der Waals surface area contributed by atoms with Crippen LogP contribution in [0.2, 0.25) is 0 Å². The molecule has 0 spiro atoms. The minimum absolute atomic E-state index is 0.0399. The highest BCUT2D eigenvalue weighted by molar-refractivity contribution is 7.80. The van der Waals surface area contributed by atoms with Gasteiger partial charge in [0.05, 0.1) is 40.0 Å². The van der Waals surface area contributed by atoms with Crippen LogP contribution in [0.15, 0.2) is 36.4 Å². The van der Waals surface area contributed by atoms with E-state index in [1.165, 1.54) is 13.2 Å². The van der Waals surface area contributed by atoms with Gasteiger partial charge in [0, 0.05) is 18.2 Å². The van der Waals surface area contributed by atoms with Crippen LogP contribution in [0.5, 0.6) is 5.75 Å². The van der Waals surface area contributed by atoms with Crippen molar-refractivity contribution in [3.8, 4) is 5.75 Å².